The van der Waals surface area contributed by atoms with Crippen molar-refractivity contribution in [1.82, 2.24) is 9.97 Å². The number of aromatic nitrogens is 2. The third-order valence-electron chi connectivity index (χ3n) is 2.44. The van der Waals surface area contributed by atoms with Crippen molar-refractivity contribution in [3.8, 4) is 0 Å². The molecule has 15 heavy (non-hydrogen) atoms. The number of anilines is 1. The van der Waals surface area contributed by atoms with Crippen molar-refractivity contribution >= 4 is 17.4 Å². The van der Waals surface area contributed by atoms with E-state index in [0.29, 0.717) is 18.3 Å². The molecule has 6 heteroatoms. The van der Waals surface area contributed by atoms with Gasteiger partial charge in [0.15, 0.2) is 5.82 Å². The fourth-order valence-corrected chi connectivity index (χ4v) is 1.53. The van der Waals surface area contributed by atoms with Gasteiger partial charge in [-0.15, -0.1) is 0 Å². The van der Waals surface area contributed by atoms with E-state index in [-0.39, 0.29) is 16.7 Å². The molecular formula is C9H12ClN3O2. The van der Waals surface area contributed by atoms with Gasteiger partial charge in [0.25, 0.3) is 5.56 Å². The Bertz CT molecular complexity index is 403. The van der Waals surface area contributed by atoms with Crippen molar-refractivity contribution in [2.24, 2.45) is 5.92 Å². The summed E-state index contributed by atoms with van der Waals surface area (Å²) in [5, 5.41) is 12.5. The summed E-state index contributed by atoms with van der Waals surface area (Å²) in [6, 6.07) is 0. The van der Waals surface area contributed by atoms with Crippen LogP contribution in [0.3, 0.4) is 0 Å². The van der Waals surface area contributed by atoms with E-state index >= 15 is 0 Å². The number of nitrogens with one attached hydrogen (secondary N) is 2. The van der Waals surface area contributed by atoms with Crippen LogP contribution in [0.25, 0.3) is 0 Å². The minimum absolute atomic E-state index is 0.0282. The Morgan fingerprint density at radius 1 is 1.73 bits per heavy atom. The molecule has 1 aromatic rings. The lowest BCUT2D eigenvalue weighted by atomic mass is 10.2. The average molecular weight is 230 g/mol. The quantitative estimate of drug-likeness (QED) is 0.707. The maximum atomic E-state index is 11.1. The van der Waals surface area contributed by atoms with Gasteiger partial charge in [-0.2, -0.15) is 0 Å². The number of aliphatic hydroxyl groups is 1. The number of aromatic amines is 1. The van der Waals surface area contributed by atoms with Crippen LogP contribution in [0.15, 0.2) is 11.1 Å². The molecule has 1 fully saturated rings. The van der Waals surface area contributed by atoms with Gasteiger partial charge < -0.3 is 15.4 Å². The zero-order valence-corrected chi connectivity index (χ0v) is 8.79. The molecule has 2 rings (SSSR count). The number of nitrogens with zero attached hydrogens (tertiary/aromatic N) is 1. The third kappa shape index (κ3) is 2.49. The van der Waals surface area contributed by atoms with Crippen molar-refractivity contribution in [3.05, 3.63) is 21.7 Å². The SMILES string of the molecule is O=c1[nH]cnc(NCC(O)C2CC2)c1Cl. The lowest BCUT2D eigenvalue weighted by Gasteiger charge is -2.11. The van der Waals surface area contributed by atoms with Crippen LogP contribution < -0.4 is 10.9 Å². The molecule has 1 aliphatic carbocycles. The summed E-state index contributed by atoms with van der Waals surface area (Å²) in [7, 11) is 0. The Balaban J connectivity index is 1.98. The normalized spacial score (nSPS) is 17.5. The average Bonchev–Trinajstić information content (AvgIpc) is 3.03. The molecule has 1 saturated carbocycles. The van der Waals surface area contributed by atoms with Gasteiger partial charge in [-0.1, -0.05) is 11.6 Å². The number of H-pyrrole nitrogens is 1. The van der Waals surface area contributed by atoms with Gasteiger partial charge in [0.05, 0.1) is 12.4 Å². The number of hydrogen-bond acceptors (Lipinski definition) is 4. The first kappa shape index (κ1) is 10.4. The van der Waals surface area contributed by atoms with Gasteiger partial charge in [0.2, 0.25) is 0 Å². The highest BCUT2D eigenvalue weighted by Crippen LogP contribution is 2.32. The molecule has 0 aromatic carbocycles. The second kappa shape index (κ2) is 4.20. The Hall–Kier alpha value is -1.07. The molecular weight excluding hydrogens is 218 g/mol. The number of aliphatic hydroxyl groups excluding tert-OH is 1. The highest BCUT2D eigenvalue weighted by Gasteiger charge is 2.29. The smallest absolute Gasteiger partial charge is 0.271 e. The zero-order valence-electron chi connectivity index (χ0n) is 8.03. The molecule has 1 aliphatic rings. The molecule has 0 radical (unpaired) electrons. The molecule has 1 unspecified atom stereocenters. The van der Waals surface area contributed by atoms with Gasteiger partial charge >= 0.3 is 0 Å². The Morgan fingerprint density at radius 2 is 2.47 bits per heavy atom. The van der Waals surface area contributed by atoms with Gasteiger partial charge in [-0.25, -0.2) is 4.98 Å². The second-order valence-corrected chi connectivity index (χ2v) is 4.06. The Morgan fingerprint density at radius 3 is 3.13 bits per heavy atom. The van der Waals surface area contributed by atoms with Crippen molar-refractivity contribution in [3.63, 3.8) is 0 Å². The van der Waals surface area contributed by atoms with E-state index in [4.69, 9.17) is 11.6 Å². The van der Waals surface area contributed by atoms with Crippen LogP contribution in [-0.4, -0.2) is 27.7 Å². The first-order chi connectivity index (χ1) is 7.18. The molecule has 0 spiro atoms. The van der Waals surface area contributed by atoms with Crippen molar-refractivity contribution < 1.29 is 5.11 Å². The van der Waals surface area contributed by atoms with E-state index in [1.165, 1.54) is 6.33 Å². The van der Waals surface area contributed by atoms with Gasteiger partial charge in [-0.05, 0) is 18.8 Å². The van der Waals surface area contributed by atoms with Crippen LogP contribution >= 0.6 is 11.6 Å². The molecule has 1 atom stereocenters. The van der Waals surface area contributed by atoms with Crippen LogP contribution in [-0.2, 0) is 0 Å². The summed E-state index contributed by atoms with van der Waals surface area (Å²) in [5.41, 5.74) is -0.380. The second-order valence-electron chi connectivity index (χ2n) is 3.68. The molecule has 5 nitrogen and oxygen atoms in total. The van der Waals surface area contributed by atoms with E-state index in [2.05, 4.69) is 15.3 Å². The monoisotopic (exact) mass is 229 g/mol. The van der Waals surface area contributed by atoms with Crippen LogP contribution in [0.2, 0.25) is 5.02 Å². The number of hydrogen-bond donors (Lipinski definition) is 3. The molecule has 0 aliphatic heterocycles. The highest BCUT2D eigenvalue weighted by molar-refractivity contribution is 6.32. The molecule has 1 heterocycles. The predicted octanol–water partition coefficient (Wildman–Crippen LogP) is 0.606. The fourth-order valence-electron chi connectivity index (χ4n) is 1.36. The molecule has 0 bridgehead atoms. The van der Waals surface area contributed by atoms with Crippen LogP contribution in [0.1, 0.15) is 12.8 Å². The largest absolute Gasteiger partial charge is 0.391 e. The number of rotatable bonds is 4. The van der Waals surface area contributed by atoms with Crippen LogP contribution in [0.4, 0.5) is 5.82 Å². The minimum Gasteiger partial charge on any atom is -0.391 e. The number of halogens is 1. The zero-order chi connectivity index (χ0) is 10.8. The topological polar surface area (TPSA) is 78.0 Å². The third-order valence-corrected chi connectivity index (χ3v) is 2.79. The standard InChI is InChI=1S/C9H12ClN3O2/c10-7-8(12-4-13-9(7)15)11-3-6(14)5-1-2-5/h4-6,14H,1-3H2,(H2,11,12,13,15). The predicted molar refractivity (Wildman–Crippen MR) is 57.1 cm³/mol. The molecule has 82 valence electrons. The van der Waals surface area contributed by atoms with Gasteiger partial charge in [-0.3, -0.25) is 4.79 Å². The van der Waals surface area contributed by atoms with E-state index in [1.54, 1.807) is 0 Å². The van der Waals surface area contributed by atoms with Crippen LogP contribution in [0.5, 0.6) is 0 Å². The Kier molecular flexibility index (Phi) is 2.93. The van der Waals surface area contributed by atoms with Crippen molar-refractivity contribution in [1.29, 1.82) is 0 Å². The van der Waals surface area contributed by atoms with E-state index < -0.39 is 0 Å². The molecule has 0 amide bonds. The lowest BCUT2D eigenvalue weighted by Crippen LogP contribution is -2.23. The lowest BCUT2D eigenvalue weighted by molar-refractivity contribution is 0.164. The summed E-state index contributed by atoms with van der Waals surface area (Å²) in [6.07, 6.45) is 3.03. The van der Waals surface area contributed by atoms with E-state index in [1.807, 2.05) is 0 Å². The summed E-state index contributed by atoms with van der Waals surface area (Å²) in [5.74, 6) is 0.707. The molecule has 0 saturated heterocycles. The van der Waals surface area contributed by atoms with Crippen LogP contribution in [0, 0.1) is 5.92 Å². The summed E-state index contributed by atoms with van der Waals surface area (Å²) in [6.45, 7) is 0.376. The summed E-state index contributed by atoms with van der Waals surface area (Å²) in [4.78, 5) is 17.3. The molecule has 1 aromatic heterocycles. The maximum absolute atomic E-state index is 11.1. The molecule has 3 N–H and O–H groups in total. The van der Waals surface area contributed by atoms with Gasteiger partial charge in [0, 0.05) is 6.54 Å². The first-order valence-electron chi connectivity index (χ1n) is 4.83. The van der Waals surface area contributed by atoms with Crippen molar-refractivity contribution in [2.45, 2.75) is 18.9 Å². The van der Waals surface area contributed by atoms with E-state index in [9.17, 15) is 9.90 Å². The maximum Gasteiger partial charge on any atom is 0.271 e. The first-order valence-corrected chi connectivity index (χ1v) is 5.21. The minimum atomic E-state index is -0.387. The Labute approximate surface area is 91.5 Å². The summed E-state index contributed by atoms with van der Waals surface area (Å²) < 4.78 is 0. The van der Waals surface area contributed by atoms with Gasteiger partial charge in [0.1, 0.15) is 5.02 Å². The van der Waals surface area contributed by atoms with E-state index in [0.717, 1.165) is 12.8 Å². The fraction of sp³-hybridized carbons (Fsp3) is 0.556. The summed E-state index contributed by atoms with van der Waals surface area (Å²) >= 11 is 5.72. The highest BCUT2D eigenvalue weighted by atomic mass is 35.5. The van der Waals surface area contributed by atoms with Crippen molar-refractivity contribution in [2.75, 3.05) is 11.9 Å².